The largest absolute Gasteiger partial charge is 0.411 e. The first-order chi connectivity index (χ1) is 15.8. The Morgan fingerprint density at radius 3 is 2.82 bits per heavy atom. The van der Waals surface area contributed by atoms with Gasteiger partial charge < -0.3 is 20.3 Å². The average Bonchev–Trinajstić information content (AvgIpc) is 3.46. The van der Waals surface area contributed by atoms with Gasteiger partial charge in [-0.2, -0.15) is 23.3 Å². The predicted molar refractivity (Wildman–Crippen MR) is 117 cm³/mol. The fourth-order valence-electron chi connectivity index (χ4n) is 4.47. The van der Waals surface area contributed by atoms with Gasteiger partial charge in [0.05, 0.1) is 18.8 Å². The van der Waals surface area contributed by atoms with Crippen LogP contribution in [0.2, 0.25) is 0 Å². The van der Waals surface area contributed by atoms with Crippen LogP contribution in [-0.4, -0.2) is 69.3 Å². The van der Waals surface area contributed by atoms with Gasteiger partial charge in [-0.05, 0) is 38.0 Å². The van der Waals surface area contributed by atoms with Crippen LogP contribution in [0, 0.1) is 13.8 Å². The molecule has 33 heavy (non-hydrogen) atoms. The molecule has 2 N–H and O–H groups in total. The van der Waals surface area contributed by atoms with Crippen LogP contribution >= 0.6 is 0 Å². The van der Waals surface area contributed by atoms with Crippen molar-refractivity contribution in [3.8, 4) is 0 Å². The summed E-state index contributed by atoms with van der Waals surface area (Å²) in [4.78, 5) is 16.2. The van der Waals surface area contributed by atoms with Gasteiger partial charge in [-0.15, -0.1) is 0 Å². The molecule has 2 bridgehead atoms. The summed E-state index contributed by atoms with van der Waals surface area (Å²) < 4.78 is 43.7. The summed E-state index contributed by atoms with van der Waals surface area (Å²) in [6.45, 7) is 4.22. The van der Waals surface area contributed by atoms with Gasteiger partial charge in [0.25, 0.3) is 0 Å². The number of hydrogen-bond acceptors (Lipinski definition) is 8. The molecule has 0 spiro atoms. The number of anilines is 3. The van der Waals surface area contributed by atoms with Crippen LogP contribution in [0.4, 0.5) is 30.8 Å². The van der Waals surface area contributed by atoms with Crippen LogP contribution in [-0.2, 0) is 11.3 Å². The summed E-state index contributed by atoms with van der Waals surface area (Å²) >= 11 is 0. The predicted octanol–water partition coefficient (Wildman–Crippen LogP) is 2.71. The van der Waals surface area contributed by atoms with Crippen molar-refractivity contribution in [1.82, 2.24) is 30.0 Å². The maximum atomic E-state index is 12.4. The van der Waals surface area contributed by atoms with E-state index in [0.29, 0.717) is 46.4 Å². The number of piperazine rings is 1. The molecule has 2 aliphatic heterocycles. The van der Waals surface area contributed by atoms with Crippen LogP contribution in [0.25, 0.3) is 11.0 Å². The molecule has 5 heterocycles. The van der Waals surface area contributed by atoms with Crippen LogP contribution in [0.1, 0.15) is 17.7 Å². The van der Waals surface area contributed by atoms with Gasteiger partial charge in [0.15, 0.2) is 5.82 Å². The number of rotatable bonds is 7. The summed E-state index contributed by atoms with van der Waals surface area (Å²) in [7, 11) is 0. The summed E-state index contributed by atoms with van der Waals surface area (Å²) in [5.41, 5.74) is 2.97. The van der Waals surface area contributed by atoms with Crippen LogP contribution in [0.15, 0.2) is 18.3 Å². The zero-order chi connectivity index (χ0) is 23.2. The number of nitrogens with one attached hydrogen (secondary N) is 2. The second-order valence-corrected chi connectivity index (χ2v) is 8.54. The molecule has 12 heteroatoms. The number of pyridine rings is 1. The molecule has 2 atom stereocenters. The minimum atomic E-state index is -4.37. The number of hydrogen-bond donors (Lipinski definition) is 2. The standard InChI is InChI=1S/C21H25F3N8O/c1-12-3-4-25-16(7-12)27-19-18-17(13(2)30-32(18)5-6-33-11-21(22,23)24)28-20(29-19)31-10-14-8-15(31)9-26-14/h3-4,7,14-15,26H,5-6,8-11H2,1-2H3,(H,25,27,28,29)/t14-,15-/m0/s1. The van der Waals surface area contributed by atoms with E-state index in [9.17, 15) is 13.2 Å². The van der Waals surface area contributed by atoms with E-state index in [1.54, 1.807) is 10.9 Å². The highest BCUT2D eigenvalue weighted by molar-refractivity contribution is 5.90. The molecule has 2 aliphatic rings. The Bertz CT molecular complexity index is 1160. The van der Waals surface area contributed by atoms with Crippen molar-refractivity contribution in [3.63, 3.8) is 0 Å². The summed E-state index contributed by atoms with van der Waals surface area (Å²) in [6, 6.07) is 4.56. The van der Waals surface area contributed by atoms with E-state index in [-0.39, 0.29) is 13.2 Å². The molecule has 0 radical (unpaired) electrons. The lowest BCUT2D eigenvalue weighted by Crippen LogP contribution is -2.44. The topological polar surface area (TPSA) is 93.0 Å². The van der Waals surface area contributed by atoms with Gasteiger partial charge in [0.2, 0.25) is 5.95 Å². The van der Waals surface area contributed by atoms with Gasteiger partial charge in [-0.3, -0.25) is 4.68 Å². The van der Waals surface area contributed by atoms with Gasteiger partial charge in [0, 0.05) is 31.4 Å². The third-order valence-corrected chi connectivity index (χ3v) is 5.93. The second-order valence-electron chi connectivity index (χ2n) is 8.54. The molecule has 0 amide bonds. The SMILES string of the molecule is Cc1ccnc(Nc2nc(N3C[C@@H]4C[C@H]3CN4)nc3c(C)nn(CCOCC(F)(F)F)c23)c1. The lowest BCUT2D eigenvalue weighted by atomic mass is 10.2. The molecular weight excluding hydrogens is 437 g/mol. The molecule has 3 aromatic heterocycles. The van der Waals surface area contributed by atoms with Crippen molar-refractivity contribution in [2.75, 3.05) is 36.5 Å². The van der Waals surface area contributed by atoms with Gasteiger partial charge in [-0.1, -0.05) is 0 Å². The number of aromatic nitrogens is 5. The van der Waals surface area contributed by atoms with Crippen molar-refractivity contribution in [2.45, 2.75) is 45.1 Å². The van der Waals surface area contributed by atoms with E-state index in [2.05, 4.69) is 25.6 Å². The lowest BCUT2D eigenvalue weighted by molar-refractivity contribution is -0.174. The Labute approximate surface area is 188 Å². The average molecular weight is 462 g/mol. The smallest absolute Gasteiger partial charge is 0.370 e. The zero-order valence-electron chi connectivity index (χ0n) is 18.4. The first-order valence-electron chi connectivity index (χ1n) is 10.9. The quantitative estimate of drug-likeness (QED) is 0.518. The number of alkyl halides is 3. The third kappa shape index (κ3) is 4.58. The molecule has 3 aromatic rings. The van der Waals surface area contributed by atoms with Gasteiger partial charge >= 0.3 is 6.18 Å². The van der Waals surface area contributed by atoms with E-state index in [1.807, 2.05) is 26.0 Å². The van der Waals surface area contributed by atoms with E-state index in [4.69, 9.17) is 14.7 Å². The van der Waals surface area contributed by atoms with Crippen LogP contribution in [0.5, 0.6) is 0 Å². The molecule has 2 saturated heterocycles. The van der Waals surface area contributed by atoms with E-state index >= 15 is 0 Å². The van der Waals surface area contributed by atoms with Crippen molar-refractivity contribution in [2.24, 2.45) is 0 Å². The highest BCUT2D eigenvalue weighted by atomic mass is 19.4. The Morgan fingerprint density at radius 1 is 1.27 bits per heavy atom. The number of nitrogens with zero attached hydrogens (tertiary/aromatic N) is 6. The van der Waals surface area contributed by atoms with E-state index < -0.39 is 12.8 Å². The molecule has 0 aromatic carbocycles. The monoisotopic (exact) mass is 462 g/mol. The van der Waals surface area contributed by atoms with Crippen LogP contribution in [0.3, 0.4) is 0 Å². The minimum Gasteiger partial charge on any atom is -0.370 e. The zero-order valence-corrected chi connectivity index (χ0v) is 18.4. The molecule has 5 rings (SSSR count). The lowest BCUT2D eigenvalue weighted by Gasteiger charge is -2.27. The van der Waals surface area contributed by atoms with Crippen molar-refractivity contribution >= 4 is 28.6 Å². The Balaban J connectivity index is 1.50. The van der Waals surface area contributed by atoms with Crippen LogP contribution < -0.4 is 15.5 Å². The molecule has 9 nitrogen and oxygen atoms in total. The molecule has 2 fully saturated rings. The fourth-order valence-corrected chi connectivity index (χ4v) is 4.47. The van der Waals surface area contributed by atoms with E-state index in [0.717, 1.165) is 25.1 Å². The second kappa shape index (κ2) is 8.41. The highest BCUT2D eigenvalue weighted by Gasteiger charge is 2.39. The molecular formula is C21H25F3N8O. The number of aryl methyl sites for hydroxylation is 2. The van der Waals surface area contributed by atoms with Gasteiger partial charge in [0.1, 0.15) is 23.5 Å². The first-order valence-corrected chi connectivity index (χ1v) is 10.9. The molecule has 0 saturated carbocycles. The van der Waals surface area contributed by atoms with Crippen molar-refractivity contribution in [1.29, 1.82) is 0 Å². The molecule has 176 valence electrons. The first kappa shape index (κ1) is 21.8. The molecule has 0 aliphatic carbocycles. The maximum Gasteiger partial charge on any atom is 0.411 e. The molecule has 0 unspecified atom stereocenters. The minimum absolute atomic E-state index is 0.136. The van der Waals surface area contributed by atoms with Gasteiger partial charge in [-0.25, -0.2) is 9.97 Å². The Kier molecular flexibility index (Phi) is 5.57. The van der Waals surface area contributed by atoms with Crippen molar-refractivity contribution < 1.29 is 17.9 Å². The maximum absolute atomic E-state index is 12.4. The number of halogens is 3. The summed E-state index contributed by atoms with van der Waals surface area (Å²) in [5.74, 6) is 1.74. The Morgan fingerprint density at radius 2 is 2.12 bits per heavy atom. The summed E-state index contributed by atoms with van der Waals surface area (Å²) in [6.07, 6.45) is -1.61. The normalized spacial score (nSPS) is 20.2. The van der Waals surface area contributed by atoms with Crippen molar-refractivity contribution in [3.05, 3.63) is 29.6 Å². The highest BCUT2D eigenvalue weighted by Crippen LogP contribution is 2.32. The van der Waals surface area contributed by atoms with E-state index in [1.165, 1.54) is 0 Å². The third-order valence-electron chi connectivity index (χ3n) is 5.93. The summed E-state index contributed by atoms with van der Waals surface area (Å²) in [5, 5.41) is 11.3. The Hall–Kier alpha value is -2.99. The number of fused-ring (bicyclic) bond motifs is 3. The fraction of sp³-hybridized carbons (Fsp3) is 0.524. The number of ether oxygens (including phenoxy) is 1.